The second-order valence-electron chi connectivity index (χ2n) is 8.58. The third-order valence-electron chi connectivity index (χ3n) is 6.60. The molecule has 4 amide bonds. The van der Waals surface area contributed by atoms with Gasteiger partial charge in [0, 0.05) is 25.0 Å². The summed E-state index contributed by atoms with van der Waals surface area (Å²) < 4.78 is 0. The predicted molar refractivity (Wildman–Crippen MR) is 103 cm³/mol. The molecule has 8 heteroatoms. The van der Waals surface area contributed by atoms with Crippen LogP contribution in [0.25, 0.3) is 0 Å². The summed E-state index contributed by atoms with van der Waals surface area (Å²) in [4.78, 5) is 50.2. The van der Waals surface area contributed by atoms with Gasteiger partial charge in [-0.2, -0.15) is 0 Å². The molecule has 3 fully saturated rings. The molecule has 2 saturated heterocycles. The zero-order chi connectivity index (χ0) is 20.1. The van der Waals surface area contributed by atoms with Crippen LogP contribution in [0.1, 0.15) is 58.4 Å². The molecule has 4 atom stereocenters. The van der Waals surface area contributed by atoms with Gasteiger partial charge >= 0.3 is 0 Å². The summed E-state index contributed by atoms with van der Waals surface area (Å²) in [7, 11) is 0. The molecular formula is C21H24N4O4. The quantitative estimate of drug-likeness (QED) is 0.633. The number of nitrogens with zero attached hydrogens (tertiary/aromatic N) is 1. The number of carbonyl (C=O) groups is 4. The first kappa shape index (κ1) is 18.4. The van der Waals surface area contributed by atoms with Gasteiger partial charge in [0.25, 0.3) is 11.8 Å². The minimum Gasteiger partial charge on any atom is -0.314 e. The van der Waals surface area contributed by atoms with Crippen molar-refractivity contribution >= 4 is 23.6 Å². The summed E-state index contributed by atoms with van der Waals surface area (Å²) in [5.41, 5.74) is 1.61. The number of hydrogen-bond acceptors (Lipinski definition) is 6. The van der Waals surface area contributed by atoms with Crippen molar-refractivity contribution in [2.45, 2.75) is 56.8 Å². The highest BCUT2D eigenvalue weighted by molar-refractivity contribution is 6.23. The van der Waals surface area contributed by atoms with Gasteiger partial charge in [-0.15, -0.1) is 0 Å². The summed E-state index contributed by atoms with van der Waals surface area (Å²) >= 11 is 0. The van der Waals surface area contributed by atoms with Gasteiger partial charge in [0.15, 0.2) is 0 Å². The number of carbonyl (C=O) groups excluding carboxylic acids is 4. The predicted octanol–water partition coefficient (Wildman–Crippen LogP) is 0.318. The fourth-order valence-electron chi connectivity index (χ4n) is 5.16. The standard InChI is InChI=1S/C21H24N4O4/c26-18-4-3-17(19(27)24-18)25-20(28)15-2-1-11(7-16(15)21(25)29)9-22-13-5-12-6-14(8-13)23-10-12/h1-2,7,12-14,17,22-23H,3-6,8-10H2,(H,24,26,27). The summed E-state index contributed by atoms with van der Waals surface area (Å²) in [6, 6.07) is 5.42. The molecule has 0 aromatic heterocycles. The number of benzene rings is 1. The second kappa shape index (κ2) is 7.03. The largest absolute Gasteiger partial charge is 0.314 e. The third kappa shape index (κ3) is 3.26. The van der Waals surface area contributed by atoms with E-state index >= 15 is 0 Å². The van der Waals surface area contributed by atoms with Crippen LogP contribution in [-0.4, -0.2) is 53.2 Å². The van der Waals surface area contributed by atoms with E-state index in [1.807, 2.05) is 6.07 Å². The first-order valence-electron chi connectivity index (χ1n) is 10.3. The molecule has 1 aromatic carbocycles. The Balaban J connectivity index is 1.29. The van der Waals surface area contributed by atoms with Gasteiger partial charge < -0.3 is 10.6 Å². The molecule has 4 aliphatic rings. The number of imide groups is 2. The maximum Gasteiger partial charge on any atom is 0.262 e. The minimum atomic E-state index is -0.924. The van der Waals surface area contributed by atoms with Gasteiger partial charge in [0.2, 0.25) is 11.8 Å². The third-order valence-corrected chi connectivity index (χ3v) is 6.60. The lowest BCUT2D eigenvalue weighted by atomic mass is 9.86. The van der Waals surface area contributed by atoms with Gasteiger partial charge in [-0.3, -0.25) is 29.4 Å². The van der Waals surface area contributed by atoms with E-state index in [2.05, 4.69) is 16.0 Å². The molecular weight excluding hydrogens is 372 g/mol. The fourth-order valence-corrected chi connectivity index (χ4v) is 5.16. The average Bonchev–Trinajstić information content (AvgIpc) is 3.17. The Labute approximate surface area is 168 Å². The molecule has 8 nitrogen and oxygen atoms in total. The van der Waals surface area contributed by atoms with E-state index in [9.17, 15) is 19.2 Å². The van der Waals surface area contributed by atoms with Crippen molar-refractivity contribution in [1.29, 1.82) is 0 Å². The molecule has 0 radical (unpaired) electrons. The van der Waals surface area contributed by atoms with Crippen LogP contribution >= 0.6 is 0 Å². The summed E-state index contributed by atoms with van der Waals surface area (Å²) in [5.74, 6) is -1.14. The molecule has 3 heterocycles. The van der Waals surface area contributed by atoms with E-state index in [0.29, 0.717) is 29.8 Å². The molecule has 152 valence electrons. The molecule has 1 aliphatic carbocycles. The molecule has 29 heavy (non-hydrogen) atoms. The number of nitrogens with one attached hydrogen (secondary N) is 3. The van der Waals surface area contributed by atoms with Crippen molar-refractivity contribution in [1.82, 2.24) is 20.9 Å². The van der Waals surface area contributed by atoms with Crippen LogP contribution < -0.4 is 16.0 Å². The van der Waals surface area contributed by atoms with Crippen molar-refractivity contribution in [3.63, 3.8) is 0 Å². The summed E-state index contributed by atoms with van der Waals surface area (Å²) in [5, 5.41) is 9.36. The number of amides is 4. The average molecular weight is 396 g/mol. The van der Waals surface area contributed by atoms with Crippen molar-refractivity contribution in [3.8, 4) is 0 Å². The molecule has 1 saturated carbocycles. The van der Waals surface area contributed by atoms with E-state index in [4.69, 9.17) is 0 Å². The van der Waals surface area contributed by atoms with Gasteiger partial charge in [-0.05, 0) is 55.8 Å². The molecule has 2 bridgehead atoms. The Morgan fingerprint density at radius 3 is 2.66 bits per heavy atom. The van der Waals surface area contributed by atoms with Crippen LogP contribution in [0, 0.1) is 5.92 Å². The first-order valence-corrected chi connectivity index (χ1v) is 10.3. The monoisotopic (exact) mass is 396 g/mol. The summed E-state index contributed by atoms with van der Waals surface area (Å²) in [6.07, 6.45) is 3.83. The van der Waals surface area contributed by atoms with Gasteiger partial charge in [-0.25, -0.2) is 0 Å². The van der Waals surface area contributed by atoms with Crippen molar-refractivity contribution < 1.29 is 19.2 Å². The first-order chi connectivity index (χ1) is 14.0. The highest BCUT2D eigenvalue weighted by Gasteiger charge is 2.44. The van der Waals surface area contributed by atoms with Crippen LogP contribution in [0.2, 0.25) is 0 Å². The second-order valence-corrected chi connectivity index (χ2v) is 8.58. The Morgan fingerprint density at radius 2 is 1.86 bits per heavy atom. The normalized spacial score (nSPS) is 31.2. The number of fused-ring (bicyclic) bond motifs is 3. The van der Waals surface area contributed by atoms with Crippen LogP contribution in [0.4, 0.5) is 0 Å². The SMILES string of the molecule is O=C1CCC(N2C(=O)c3ccc(CNC4CC5CNC(C5)C4)cc3C2=O)C(=O)N1. The minimum absolute atomic E-state index is 0.122. The smallest absolute Gasteiger partial charge is 0.262 e. The lowest BCUT2D eigenvalue weighted by Crippen LogP contribution is -2.54. The van der Waals surface area contributed by atoms with Crippen LogP contribution in [-0.2, 0) is 16.1 Å². The van der Waals surface area contributed by atoms with Crippen molar-refractivity contribution in [2.24, 2.45) is 5.92 Å². The molecule has 4 unspecified atom stereocenters. The Morgan fingerprint density at radius 1 is 1.03 bits per heavy atom. The van der Waals surface area contributed by atoms with E-state index in [0.717, 1.165) is 35.8 Å². The molecule has 3 N–H and O–H groups in total. The highest BCUT2D eigenvalue weighted by atomic mass is 16.2. The maximum absolute atomic E-state index is 12.9. The Bertz CT molecular complexity index is 902. The number of piperidine rings is 1. The molecule has 1 aromatic rings. The lowest BCUT2D eigenvalue weighted by Gasteiger charge is -2.28. The topological polar surface area (TPSA) is 108 Å². The Hall–Kier alpha value is -2.58. The van der Waals surface area contributed by atoms with E-state index < -0.39 is 23.8 Å². The lowest BCUT2D eigenvalue weighted by molar-refractivity contribution is -0.136. The zero-order valence-corrected chi connectivity index (χ0v) is 16.1. The molecule has 3 aliphatic heterocycles. The van der Waals surface area contributed by atoms with Gasteiger partial charge in [0.1, 0.15) is 6.04 Å². The van der Waals surface area contributed by atoms with E-state index in [1.54, 1.807) is 12.1 Å². The fraction of sp³-hybridized carbons (Fsp3) is 0.524. The molecule has 0 spiro atoms. The van der Waals surface area contributed by atoms with Crippen LogP contribution in [0.3, 0.4) is 0 Å². The number of rotatable bonds is 4. The van der Waals surface area contributed by atoms with Crippen LogP contribution in [0.5, 0.6) is 0 Å². The van der Waals surface area contributed by atoms with Gasteiger partial charge in [-0.1, -0.05) is 6.07 Å². The van der Waals surface area contributed by atoms with Crippen molar-refractivity contribution in [3.05, 3.63) is 34.9 Å². The number of hydrogen-bond donors (Lipinski definition) is 3. The Kier molecular flexibility index (Phi) is 4.48. The van der Waals surface area contributed by atoms with E-state index in [-0.39, 0.29) is 18.7 Å². The maximum atomic E-state index is 12.9. The summed E-state index contributed by atoms with van der Waals surface area (Å²) in [6.45, 7) is 1.74. The highest BCUT2D eigenvalue weighted by Crippen LogP contribution is 2.30. The zero-order valence-electron chi connectivity index (χ0n) is 16.1. The van der Waals surface area contributed by atoms with Crippen molar-refractivity contribution in [2.75, 3.05) is 6.54 Å². The van der Waals surface area contributed by atoms with Crippen LogP contribution in [0.15, 0.2) is 18.2 Å². The molecule has 5 rings (SSSR count). The van der Waals surface area contributed by atoms with Gasteiger partial charge in [0.05, 0.1) is 11.1 Å². The van der Waals surface area contributed by atoms with E-state index in [1.165, 1.54) is 6.42 Å².